The molecule has 2 aliphatic heterocycles. The molecule has 2 aromatic carbocycles. The summed E-state index contributed by atoms with van der Waals surface area (Å²) >= 11 is 5.87. The first-order chi connectivity index (χ1) is 14.8. The van der Waals surface area contributed by atoms with Crippen LogP contribution in [0.4, 0.5) is 5.69 Å². The Morgan fingerprint density at radius 1 is 1.13 bits per heavy atom. The highest BCUT2D eigenvalue weighted by molar-refractivity contribution is 7.89. The lowest BCUT2D eigenvalue weighted by atomic mass is 10.2. The molecule has 2 aliphatic rings. The van der Waals surface area contributed by atoms with Crippen molar-refractivity contribution in [3.63, 3.8) is 0 Å². The molecule has 1 fully saturated rings. The third-order valence-electron chi connectivity index (χ3n) is 5.40. The Kier molecular flexibility index (Phi) is 5.92. The molecule has 0 bridgehead atoms. The van der Waals surface area contributed by atoms with Crippen LogP contribution < -0.4 is 10.1 Å². The van der Waals surface area contributed by atoms with Crippen LogP contribution in [0.15, 0.2) is 47.4 Å². The number of nitrogens with zero attached hydrogens (tertiary/aromatic N) is 2. The van der Waals surface area contributed by atoms with E-state index in [0.717, 1.165) is 0 Å². The van der Waals surface area contributed by atoms with Crippen molar-refractivity contribution in [2.24, 2.45) is 0 Å². The minimum atomic E-state index is -3.78. The van der Waals surface area contributed by atoms with Gasteiger partial charge in [0, 0.05) is 36.8 Å². The highest BCUT2D eigenvalue weighted by Crippen LogP contribution is 2.33. The molecule has 4 rings (SSSR count). The van der Waals surface area contributed by atoms with E-state index in [1.807, 2.05) is 6.92 Å². The van der Waals surface area contributed by atoms with E-state index in [-0.39, 0.29) is 42.9 Å². The van der Waals surface area contributed by atoms with Crippen LogP contribution in [-0.2, 0) is 14.8 Å². The summed E-state index contributed by atoms with van der Waals surface area (Å²) in [6, 6.07) is 11.1. The van der Waals surface area contributed by atoms with Gasteiger partial charge in [-0.25, -0.2) is 8.42 Å². The molecule has 164 valence electrons. The summed E-state index contributed by atoms with van der Waals surface area (Å²) in [5.74, 6) is -0.00418. The number of ether oxygens (including phenoxy) is 1. The van der Waals surface area contributed by atoms with E-state index < -0.39 is 16.1 Å². The van der Waals surface area contributed by atoms with Crippen LogP contribution in [0, 0.1) is 0 Å². The van der Waals surface area contributed by atoms with Crippen LogP contribution in [0.3, 0.4) is 0 Å². The number of carbonyl (C=O) groups is 2. The zero-order chi connectivity index (χ0) is 22.2. The lowest BCUT2D eigenvalue weighted by Crippen LogP contribution is -2.50. The number of anilines is 1. The predicted octanol–water partition coefficient (Wildman–Crippen LogP) is 2.60. The molecule has 2 amide bonds. The van der Waals surface area contributed by atoms with Crippen LogP contribution in [0.25, 0.3) is 0 Å². The molecule has 8 nitrogen and oxygen atoms in total. The van der Waals surface area contributed by atoms with E-state index in [0.29, 0.717) is 28.4 Å². The average molecular weight is 464 g/mol. The number of benzene rings is 2. The Hall–Kier alpha value is -2.62. The van der Waals surface area contributed by atoms with E-state index in [1.165, 1.54) is 16.4 Å². The van der Waals surface area contributed by atoms with Crippen molar-refractivity contribution >= 4 is 39.1 Å². The quantitative estimate of drug-likeness (QED) is 0.751. The molecular weight excluding hydrogens is 442 g/mol. The first kappa shape index (κ1) is 21.6. The fourth-order valence-electron chi connectivity index (χ4n) is 3.61. The van der Waals surface area contributed by atoms with E-state index in [1.54, 1.807) is 35.2 Å². The number of amides is 2. The molecule has 0 unspecified atom stereocenters. The molecule has 2 aromatic rings. The van der Waals surface area contributed by atoms with Gasteiger partial charge in [0.15, 0.2) is 6.10 Å². The van der Waals surface area contributed by atoms with Crippen molar-refractivity contribution in [3.05, 3.63) is 53.1 Å². The fourth-order valence-corrected chi connectivity index (χ4v) is 5.19. The monoisotopic (exact) mass is 463 g/mol. The highest BCUT2D eigenvalue weighted by Gasteiger charge is 2.32. The van der Waals surface area contributed by atoms with Crippen LogP contribution in [0.5, 0.6) is 5.75 Å². The van der Waals surface area contributed by atoms with Gasteiger partial charge in [0.05, 0.1) is 10.6 Å². The molecular formula is C21H22ClN3O5S. The summed E-state index contributed by atoms with van der Waals surface area (Å²) in [7, 11) is -3.78. The van der Waals surface area contributed by atoms with Crippen molar-refractivity contribution < 1.29 is 22.7 Å². The maximum Gasteiger partial charge on any atom is 0.265 e. The Labute approximate surface area is 185 Å². The van der Waals surface area contributed by atoms with Crippen molar-refractivity contribution in [2.45, 2.75) is 24.3 Å². The second-order valence-electron chi connectivity index (χ2n) is 7.37. The maximum absolute atomic E-state index is 13.1. The lowest BCUT2D eigenvalue weighted by Gasteiger charge is -2.34. The van der Waals surface area contributed by atoms with Gasteiger partial charge in [-0.05, 0) is 48.9 Å². The molecule has 1 atom stereocenters. The fraction of sp³-hybridized carbons (Fsp3) is 0.333. The van der Waals surface area contributed by atoms with E-state index in [9.17, 15) is 18.0 Å². The van der Waals surface area contributed by atoms with Gasteiger partial charge in [-0.15, -0.1) is 0 Å². The molecule has 0 radical (unpaired) electrons. The average Bonchev–Trinajstić information content (AvgIpc) is 2.78. The van der Waals surface area contributed by atoms with Crippen LogP contribution >= 0.6 is 11.6 Å². The smallest absolute Gasteiger partial charge is 0.265 e. The van der Waals surface area contributed by atoms with Gasteiger partial charge in [-0.3, -0.25) is 9.59 Å². The van der Waals surface area contributed by atoms with Gasteiger partial charge < -0.3 is 15.0 Å². The molecule has 0 aromatic heterocycles. The number of carbonyl (C=O) groups excluding carboxylic acids is 2. The minimum absolute atomic E-state index is 0.0718. The van der Waals surface area contributed by atoms with Crippen molar-refractivity contribution in [3.8, 4) is 5.75 Å². The van der Waals surface area contributed by atoms with Gasteiger partial charge in [-0.1, -0.05) is 18.5 Å². The Bertz CT molecular complexity index is 1110. The van der Waals surface area contributed by atoms with Gasteiger partial charge >= 0.3 is 0 Å². The number of sulfonamides is 1. The van der Waals surface area contributed by atoms with Crippen LogP contribution in [-0.4, -0.2) is 61.7 Å². The van der Waals surface area contributed by atoms with E-state index >= 15 is 0 Å². The summed E-state index contributed by atoms with van der Waals surface area (Å²) in [5, 5.41) is 3.26. The van der Waals surface area contributed by atoms with Crippen LogP contribution in [0.2, 0.25) is 5.02 Å². The Balaban J connectivity index is 1.46. The number of fused-ring (bicyclic) bond motifs is 1. The normalized spacial score (nSPS) is 19.4. The van der Waals surface area contributed by atoms with Crippen molar-refractivity contribution in [1.82, 2.24) is 9.21 Å². The third kappa shape index (κ3) is 4.26. The largest absolute Gasteiger partial charge is 0.478 e. The van der Waals surface area contributed by atoms with Crippen LogP contribution in [0.1, 0.15) is 23.7 Å². The van der Waals surface area contributed by atoms with E-state index in [4.69, 9.17) is 16.3 Å². The van der Waals surface area contributed by atoms with E-state index in [2.05, 4.69) is 5.32 Å². The maximum atomic E-state index is 13.1. The summed E-state index contributed by atoms with van der Waals surface area (Å²) < 4.78 is 33.2. The number of hydrogen-bond acceptors (Lipinski definition) is 5. The topological polar surface area (TPSA) is 96.0 Å². The molecule has 2 heterocycles. The number of halogens is 1. The second-order valence-corrected chi connectivity index (χ2v) is 9.74. The number of rotatable bonds is 4. The van der Waals surface area contributed by atoms with Gasteiger partial charge in [0.1, 0.15) is 5.75 Å². The summed E-state index contributed by atoms with van der Waals surface area (Å²) in [4.78, 5) is 26.4. The van der Waals surface area contributed by atoms with Gasteiger partial charge in [0.25, 0.3) is 11.8 Å². The number of piperazine rings is 1. The predicted molar refractivity (Wildman–Crippen MR) is 116 cm³/mol. The Morgan fingerprint density at radius 3 is 2.45 bits per heavy atom. The molecule has 10 heteroatoms. The molecule has 0 spiro atoms. The van der Waals surface area contributed by atoms with Crippen molar-refractivity contribution in [2.75, 3.05) is 31.5 Å². The van der Waals surface area contributed by atoms with Gasteiger partial charge in [-0.2, -0.15) is 4.31 Å². The zero-order valence-corrected chi connectivity index (χ0v) is 18.4. The first-order valence-corrected chi connectivity index (χ1v) is 11.8. The zero-order valence-electron chi connectivity index (χ0n) is 16.9. The summed E-state index contributed by atoms with van der Waals surface area (Å²) in [6.07, 6.45) is -0.0640. The molecule has 0 aliphatic carbocycles. The number of hydrogen-bond donors (Lipinski definition) is 1. The standard InChI is InChI=1S/C21H22ClN3O5S/c1-2-18-20(26)23-17-13-16(7-8-19(17)30-18)31(28,29)25-11-9-24(10-12-25)21(27)14-3-5-15(22)6-4-14/h3-8,13,18H,2,9-12H2,1H3,(H,23,26)/t18-/m1/s1. The molecule has 1 N–H and O–H groups in total. The van der Waals surface area contributed by atoms with Gasteiger partial charge in [0.2, 0.25) is 10.0 Å². The highest BCUT2D eigenvalue weighted by atomic mass is 35.5. The number of nitrogens with one attached hydrogen (secondary N) is 1. The molecule has 31 heavy (non-hydrogen) atoms. The molecule has 1 saturated heterocycles. The third-order valence-corrected chi connectivity index (χ3v) is 7.54. The molecule has 0 saturated carbocycles. The van der Waals surface area contributed by atoms with Crippen molar-refractivity contribution in [1.29, 1.82) is 0 Å². The first-order valence-electron chi connectivity index (χ1n) is 9.96. The second kappa shape index (κ2) is 8.49. The SMILES string of the molecule is CC[C@H]1Oc2ccc(S(=O)(=O)N3CCN(C(=O)c4ccc(Cl)cc4)CC3)cc2NC1=O. The summed E-state index contributed by atoms with van der Waals surface area (Å²) in [6.45, 7) is 2.76. The lowest BCUT2D eigenvalue weighted by molar-refractivity contribution is -0.123. The summed E-state index contributed by atoms with van der Waals surface area (Å²) in [5.41, 5.74) is 0.851. The minimum Gasteiger partial charge on any atom is -0.478 e. The Morgan fingerprint density at radius 2 is 1.81 bits per heavy atom.